The largest absolute Gasteiger partial charge is 0.493 e. The molecule has 0 aliphatic heterocycles. The molecule has 1 N–H and O–H groups in total. The third-order valence-corrected chi connectivity index (χ3v) is 2.91. The van der Waals surface area contributed by atoms with Crippen LogP contribution in [0.15, 0.2) is 11.3 Å². The van der Waals surface area contributed by atoms with Crippen LogP contribution in [0.3, 0.4) is 0 Å². The Morgan fingerprint density at radius 3 is 2.53 bits per heavy atom. The van der Waals surface area contributed by atoms with Gasteiger partial charge in [0.2, 0.25) is 0 Å². The average molecular weight is 262 g/mol. The van der Waals surface area contributed by atoms with Gasteiger partial charge in [0.05, 0.1) is 12.4 Å². The van der Waals surface area contributed by atoms with Gasteiger partial charge in [0.1, 0.15) is 5.60 Å². The van der Waals surface area contributed by atoms with E-state index in [2.05, 4.69) is 4.18 Å². The highest BCUT2D eigenvalue weighted by Crippen LogP contribution is 2.30. The van der Waals surface area contributed by atoms with Crippen molar-refractivity contribution in [2.45, 2.75) is 58.5 Å². The molecule has 0 bridgehead atoms. The maximum Gasteiger partial charge on any atom is 0.301 e. The second kappa shape index (κ2) is 6.52. The van der Waals surface area contributed by atoms with Gasteiger partial charge in [-0.15, -0.1) is 0 Å². The molecule has 0 saturated heterocycles. The Kier molecular flexibility index (Phi) is 5.62. The molecule has 1 unspecified atom stereocenters. The lowest BCUT2D eigenvalue weighted by atomic mass is 9.95. The minimum Gasteiger partial charge on any atom is -0.493 e. The molecule has 1 aliphatic carbocycles. The Labute approximate surface area is 106 Å². The maximum atomic E-state index is 10.4. The average Bonchev–Trinajstić information content (AvgIpc) is 2.17. The van der Waals surface area contributed by atoms with E-state index < -0.39 is 11.4 Å². The molecule has 0 spiro atoms. The Bertz CT molecular complexity index is 304. The van der Waals surface area contributed by atoms with Gasteiger partial charge in [-0.2, -0.15) is 4.21 Å². The van der Waals surface area contributed by atoms with Crippen LogP contribution in [-0.4, -0.2) is 21.0 Å². The Balaban J connectivity index is 2.58. The van der Waals surface area contributed by atoms with Crippen molar-refractivity contribution in [3.8, 4) is 0 Å². The van der Waals surface area contributed by atoms with E-state index in [0.29, 0.717) is 6.42 Å². The van der Waals surface area contributed by atoms with Gasteiger partial charge in [-0.1, -0.05) is 0 Å². The third kappa shape index (κ3) is 6.19. The van der Waals surface area contributed by atoms with Crippen LogP contribution < -0.4 is 0 Å². The first-order valence-corrected chi connectivity index (χ1v) is 7.06. The van der Waals surface area contributed by atoms with Crippen LogP contribution in [0.1, 0.15) is 52.9 Å². The van der Waals surface area contributed by atoms with Gasteiger partial charge in [-0.25, -0.2) is 0 Å². The Morgan fingerprint density at radius 1 is 1.29 bits per heavy atom. The summed E-state index contributed by atoms with van der Waals surface area (Å²) in [6.45, 7) is 6.37. The molecule has 1 atom stereocenters. The summed E-state index contributed by atoms with van der Waals surface area (Å²) >= 11 is -2.16. The van der Waals surface area contributed by atoms with Gasteiger partial charge in [-0.05, 0) is 52.0 Å². The highest BCUT2D eigenvalue weighted by atomic mass is 32.2. The van der Waals surface area contributed by atoms with Crippen molar-refractivity contribution >= 4 is 11.4 Å². The van der Waals surface area contributed by atoms with Crippen molar-refractivity contribution in [1.82, 2.24) is 0 Å². The quantitative estimate of drug-likeness (QED) is 0.773. The van der Waals surface area contributed by atoms with Gasteiger partial charge in [0.25, 0.3) is 0 Å². The molecule has 0 aromatic heterocycles. The minimum absolute atomic E-state index is 0.182. The monoisotopic (exact) mass is 262 g/mol. The molecule has 0 fully saturated rings. The summed E-state index contributed by atoms with van der Waals surface area (Å²) in [6.07, 6.45) is 4.97. The van der Waals surface area contributed by atoms with Gasteiger partial charge in [-0.3, -0.25) is 8.74 Å². The van der Waals surface area contributed by atoms with Crippen molar-refractivity contribution in [2.75, 3.05) is 6.61 Å². The van der Waals surface area contributed by atoms with Gasteiger partial charge in [0.15, 0.2) is 0 Å². The maximum absolute atomic E-state index is 10.4. The molecule has 0 heterocycles. The summed E-state index contributed by atoms with van der Waals surface area (Å²) in [6, 6.07) is 0. The van der Waals surface area contributed by atoms with E-state index in [0.717, 1.165) is 31.4 Å². The number of ether oxygens (including phenoxy) is 1. The molecule has 0 amide bonds. The molecular weight excluding hydrogens is 240 g/mol. The fourth-order valence-corrected chi connectivity index (χ4v) is 2.16. The molecule has 0 saturated carbocycles. The smallest absolute Gasteiger partial charge is 0.301 e. The first kappa shape index (κ1) is 14.7. The lowest BCUT2D eigenvalue weighted by molar-refractivity contribution is 0.0407. The molecule has 100 valence electrons. The van der Waals surface area contributed by atoms with Crippen molar-refractivity contribution in [3.05, 3.63) is 11.3 Å². The SMILES string of the molecule is CC(C)(C)OC1=C(CCOS(=O)O)CCCC1. The molecule has 0 aromatic rings. The van der Waals surface area contributed by atoms with Crippen LogP contribution in [-0.2, 0) is 20.3 Å². The lowest BCUT2D eigenvalue weighted by Crippen LogP contribution is -2.21. The van der Waals surface area contributed by atoms with E-state index in [1.165, 1.54) is 5.57 Å². The first-order chi connectivity index (χ1) is 7.88. The van der Waals surface area contributed by atoms with E-state index >= 15 is 0 Å². The predicted molar refractivity (Wildman–Crippen MR) is 67.7 cm³/mol. The molecular formula is C12H22O4S. The number of allylic oxidation sites excluding steroid dienone is 1. The van der Waals surface area contributed by atoms with Crippen LogP contribution in [0.4, 0.5) is 0 Å². The Hall–Kier alpha value is -0.390. The number of hydrogen-bond acceptors (Lipinski definition) is 3. The highest BCUT2D eigenvalue weighted by molar-refractivity contribution is 7.74. The second-order valence-electron chi connectivity index (χ2n) is 5.24. The van der Waals surface area contributed by atoms with Crippen molar-refractivity contribution in [2.24, 2.45) is 0 Å². The van der Waals surface area contributed by atoms with Crippen LogP contribution in [0, 0.1) is 0 Å². The van der Waals surface area contributed by atoms with Gasteiger partial charge in [0, 0.05) is 6.42 Å². The zero-order valence-electron chi connectivity index (χ0n) is 10.8. The fourth-order valence-electron chi connectivity index (χ4n) is 1.93. The van der Waals surface area contributed by atoms with E-state index in [9.17, 15) is 4.21 Å². The molecule has 0 radical (unpaired) electrons. The minimum atomic E-state index is -2.16. The number of hydrogen-bond donors (Lipinski definition) is 1. The summed E-state index contributed by atoms with van der Waals surface area (Å²) in [5.74, 6) is 1.05. The van der Waals surface area contributed by atoms with Gasteiger partial charge < -0.3 is 4.74 Å². The number of rotatable bonds is 5. The molecule has 4 nitrogen and oxygen atoms in total. The fraction of sp³-hybridized carbons (Fsp3) is 0.833. The molecule has 17 heavy (non-hydrogen) atoms. The summed E-state index contributed by atoms with van der Waals surface area (Å²) in [5, 5.41) is 0. The molecule has 5 heteroatoms. The van der Waals surface area contributed by atoms with Gasteiger partial charge >= 0.3 is 11.4 Å². The van der Waals surface area contributed by atoms with Crippen molar-refractivity contribution in [1.29, 1.82) is 0 Å². The third-order valence-electron chi connectivity index (χ3n) is 2.54. The van der Waals surface area contributed by atoms with E-state index in [-0.39, 0.29) is 12.2 Å². The normalized spacial score (nSPS) is 19.3. The topological polar surface area (TPSA) is 55.8 Å². The molecule has 1 rings (SSSR count). The van der Waals surface area contributed by atoms with E-state index in [1.54, 1.807) is 0 Å². The predicted octanol–water partition coefficient (Wildman–Crippen LogP) is 3.17. The van der Waals surface area contributed by atoms with Crippen molar-refractivity contribution < 1.29 is 17.7 Å². The van der Waals surface area contributed by atoms with Crippen LogP contribution in [0.5, 0.6) is 0 Å². The lowest BCUT2D eigenvalue weighted by Gasteiger charge is -2.28. The summed E-state index contributed by atoms with van der Waals surface area (Å²) in [7, 11) is 0. The highest BCUT2D eigenvalue weighted by Gasteiger charge is 2.19. The summed E-state index contributed by atoms with van der Waals surface area (Å²) in [5.41, 5.74) is 1.05. The second-order valence-corrected chi connectivity index (χ2v) is 5.91. The van der Waals surface area contributed by atoms with Crippen molar-refractivity contribution in [3.63, 3.8) is 0 Å². The standard InChI is InChI=1S/C12H22O4S/c1-12(2,3)16-11-7-5-4-6-10(11)8-9-15-17(13)14/h4-9H2,1-3H3,(H,13,14). The first-order valence-electron chi connectivity index (χ1n) is 6.02. The summed E-state index contributed by atoms with van der Waals surface area (Å²) in [4.78, 5) is 0. The zero-order valence-corrected chi connectivity index (χ0v) is 11.6. The van der Waals surface area contributed by atoms with E-state index in [4.69, 9.17) is 9.29 Å². The van der Waals surface area contributed by atoms with Crippen LogP contribution >= 0.6 is 0 Å². The van der Waals surface area contributed by atoms with Crippen LogP contribution in [0.25, 0.3) is 0 Å². The van der Waals surface area contributed by atoms with E-state index in [1.807, 2.05) is 20.8 Å². The van der Waals surface area contributed by atoms with Crippen LogP contribution in [0.2, 0.25) is 0 Å². The summed E-state index contributed by atoms with van der Waals surface area (Å²) < 4.78 is 29.5. The molecule has 0 aromatic carbocycles. The Morgan fingerprint density at radius 2 is 1.94 bits per heavy atom. The molecule has 1 aliphatic rings. The zero-order chi connectivity index (χ0) is 12.9.